The van der Waals surface area contributed by atoms with Crippen LogP contribution in [0.25, 0.3) is 0 Å². The van der Waals surface area contributed by atoms with Gasteiger partial charge in [0.05, 0.1) is 0 Å². The minimum absolute atomic E-state index is 0.418. The van der Waals surface area contributed by atoms with Crippen molar-refractivity contribution in [3.8, 4) is 0 Å². The van der Waals surface area contributed by atoms with Crippen molar-refractivity contribution in [2.45, 2.75) is 0 Å². The lowest BCUT2D eigenvalue weighted by Crippen LogP contribution is -1.14. The maximum Gasteiger partial charge on any atom is -0.0286 e. The molecule has 0 saturated heterocycles. The monoisotopic (exact) mass is 226 g/mol. The minimum atomic E-state index is 0.418. The second-order valence-electron chi connectivity index (χ2n) is 0.723. The number of hydrogen-bond donors (Lipinski definition) is 0. The van der Waals surface area contributed by atoms with Gasteiger partial charge in [-0.05, 0) is 6.99 Å². The maximum atomic E-state index is 2.83. The summed E-state index contributed by atoms with van der Waals surface area (Å²) in [5.74, 6) is 0. The summed E-state index contributed by atoms with van der Waals surface area (Å²) in [6, 6.07) is 0. The molecule has 0 aromatic rings. The molecule has 0 fully saturated rings. The third-order valence-electron chi connectivity index (χ3n) is 0.387. The third kappa shape index (κ3) is 5.45. The molecule has 6 atom stereocenters. The summed E-state index contributed by atoms with van der Waals surface area (Å²) in [6.07, 6.45) is 0. The smallest absolute Gasteiger partial charge is 0.0286 e. The zero-order chi connectivity index (χ0) is 5.70. The van der Waals surface area contributed by atoms with E-state index in [1.807, 2.05) is 0 Å². The standard InChI is InChI=1S/H9P7/c1-4-7(5-2)6-3/h4-6H,1-3H2. The average molecular weight is 226 g/mol. The van der Waals surface area contributed by atoms with Gasteiger partial charge in [-0.25, -0.2) is 0 Å². The van der Waals surface area contributed by atoms with Gasteiger partial charge in [-0.2, -0.15) is 0 Å². The highest BCUT2D eigenvalue weighted by Crippen LogP contribution is 2.86. The second kappa shape index (κ2) is 7.12. The molecule has 0 saturated carbocycles. The van der Waals surface area contributed by atoms with Crippen LogP contribution in [0, 0.1) is 0 Å². The Morgan fingerprint density at radius 1 is 0.857 bits per heavy atom. The molecule has 0 amide bonds. The lowest BCUT2D eigenvalue weighted by Gasteiger charge is -2.06. The number of hydrogen-bond acceptors (Lipinski definition) is 0. The summed E-state index contributed by atoms with van der Waals surface area (Å²) in [7, 11) is 11.8. The van der Waals surface area contributed by atoms with Crippen molar-refractivity contribution in [2.75, 3.05) is 0 Å². The Bertz CT molecular complexity index is 21.5. The van der Waals surface area contributed by atoms with Crippen LogP contribution in [0.4, 0.5) is 0 Å². The second-order valence-corrected chi connectivity index (χ2v) is 19.5. The molecular weight excluding hydrogens is 217 g/mol. The van der Waals surface area contributed by atoms with Gasteiger partial charge in [0, 0.05) is 0 Å². The predicted octanol–water partition coefficient (Wildman–Crippen LogP) is 3.62. The van der Waals surface area contributed by atoms with E-state index in [0.29, 0.717) is 6.99 Å². The summed E-state index contributed by atoms with van der Waals surface area (Å²) in [5, 5.41) is 0. The van der Waals surface area contributed by atoms with Crippen molar-refractivity contribution in [3.05, 3.63) is 0 Å². The van der Waals surface area contributed by atoms with Crippen LogP contribution in [0.1, 0.15) is 0 Å². The van der Waals surface area contributed by atoms with E-state index in [9.17, 15) is 0 Å². The van der Waals surface area contributed by atoms with Crippen molar-refractivity contribution in [3.63, 3.8) is 0 Å². The van der Waals surface area contributed by atoms with E-state index in [0.717, 1.165) is 23.9 Å². The Balaban J connectivity index is 2.99. The molecule has 0 radical (unpaired) electrons. The quantitative estimate of drug-likeness (QED) is 0.644. The third-order valence-corrected chi connectivity index (χ3v) is 31.4. The fourth-order valence-electron chi connectivity index (χ4n) is 0.112. The molecule has 0 aliphatic carbocycles. The SMILES string of the molecule is PPP(PP)PP. The fourth-order valence-corrected chi connectivity index (χ4v) is 27.2. The molecule has 0 aliphatic rings. The molecule has 0 aromatic carbocycles. The topological polar surface area (TPSA) is 0 Å². The first-order chi connectivity index (χ1) is 3.35. The molecule has 0 bridgehead atoms. The minimum Gasteiger partial charge on any atom is -0.109 e. The van der Waals surface area contributed by atoms with Crippen molar-refractivity contribution in [1.82, 2.24) is 0 Å². The van der Waals surface area contributed by atoms with E-state index in [-0.39, 0.29) is 0 Å². The van der Waals surface area contributed by atoms with Gasteiger partial charge >= 0.3 is 0 Å². The molecule has 0 aromatic heterocycles. The molecule has 0 heterocycles. The largest absolute Gasteiger partial charge is 0.109 e. The van der Waals surface area contributed by atoms with E-state index in [4.69, 9.17) is 0 Å². The van der Waals surface area contributed by atoms with E-state index >= 15 is 0 Å². The fraction of sp³-hybridized carbons (Fsp3) is 0. The molecule has 0 spiro atoms. The van der Waals surface area contributed by atoms with Gasteiger partial charge in [-0.3, -0.25) is 0 Å². The summed E-state index contributed by atoms with van der Waals surface area (Å²) < 4.78 is 0. The van der Waals surface area contributed by atoms with Crippen LogP contribution in [-0.2, 0) is 0 Å². The lowest BCUT2D eigenvalue weighted by atomic mass is 29.0. The van der Waals surface area contributed by atoms with Crippen LogP contribution in [-0.4, -0.2) is 0 Å². The first kappa shape index (κ1) is 10.0. The Kier molecular flexibility index (Phi) is 10.2. The van der Waals surface area contributed by atoms with Gasteiger partial charge in [0.25, 0.3) is 0 Å². The van der Waals surface area contributed by atoms with Gasteiger partial charge in [-0.15, -0.1) is 26.8 Å². The van der Waals surface area contributed by atoms with Crippen LogP contribution in [0.5, 0.6) is 0 Å². The lowest BCUT2D eigenvalue weighted by molar-refractivity contribution is 4.92. The summed E-state index contributed by atoms with van der Waals surface area (Å²) in [4.78, 5) is 0. The highest BCUT2D eigenvalue weighted by atomic mass is 33.0. The molecule has 44 valence electrons. The van der Waals surface area contributed by atoms with Gasteiger partial charge in [0.2, 0.25) is 0 Å². The van der Waals surface area contributed by atoms with Crippen LogP contribution in [0.15, 0.2) is 0 Å². The summed E-state index contributed by atoms with van der Waals surface area (Å²) in [5.41, 5.74) is 0. The zero-order valence-corrected chi connectivity index (χ0v) is 11.0. The van der Waals surface area contributed by atoms with Crippen LogP contribution in [0.2, 0.25) is 0 Å². The first-order valence-corrected chi connectivity index (χ1v) is 13.8. The van der Waals surface area contributed by atoms with Gasteiger partial charge in [-0.1, -0.05) is 23.9 Å². The molecule has 0 N–H and O–H groups in total. The molecule has 7 heteroatoms. The van der Waals surface area contributed by atoms with Gasteiger partial charge in [0.1, 0.15) is 0 Å². The highest BCUT2D eigenvalue weighted by Gasteiger charge is 1.94. The number of rotatable bonds is 3. The van der Waals surface area contributed by atoms with Crippen molar-refractivity contribution < 1.29 is 0 Å². The van der Waals surface area contributed by atoms with Crippen LogP contribution >= 0.6 is 57.6 Å². The Labute approximate surface area is 58.0 Å². The van der Waals surface area contributed by atoms with Crippen molar-refractivity contribution in [2.24, 2.45) is 0 Å². The molecule has 0 nitrogen and oxygen atoms in total. The first-order valence-electron chi connectivity index (χ1n) is 1.54. The molecule has 0 rings (SSSR count). The average Bonchev–Trinajstić information content (AvgIpc) is 1.72. The summed E-state index contributed by atoms with van der Waals surface area (Å²) >= 11 is 0. The van der Waals surface area contributed by atoms with Gasteiger partial charge < -0.3 is 0 Å². The Hall–Kier alpha value is 3.01. The van der Waals surface area contributed by atoms with E-state index in [2.05, 4.69) is 26.8 Å². The normalized spacial score (nSPS) is 19.3. The van der Waals surface area contributed by atoms with Crippen LogP contribution in [0.3, 0.4) is 0 Å². The zero-order valence-electron chi connectivity index (χ0n) is 3.68. The Morgan fingerprint density at radius 2 is 1.14 bits per heavy atom. The van der Waals surface area contributed by atoms with Crippen molar-refractivity contribution >= 4 is 57.6 Å². The molecular formula is H9P7. The van der Waals surface area contributed by atoms with Crippen LogP contribution < -0.4 is 0 Å². The summed E-state index contributed by atoms with van der Waals surface area (Å²) in [6.45, 7) is 0.418. The Morgan fingerprint density at radius 3 is 1.14 bits per heavy atom. The predicted molar refractivity (Wildman–Crippen MR) is 61.0 cm³/mol. The van der Waals surface area contributed by atoms with E-state index < -0.39 is 0 Å². The molecule has 0 aliphatic heterocycles. The molecule has 6 unspecified atom stereocenters. The van der Waals surface area contributed by atoms with E-state index in [1.54, 1.807) is 0 Å². The molecule has 7 heavy (non-hydrogen) atoms. The van der Waals surface area contributed by atoms with Crippen molar-refractivity contribution in [1.29, 1.82) is 0 Å². The van der Waals surface area contributed by atoms with Gasteiger partial charge in [0.15, 0.2) is 0 Å². The maximum absolute atomic E-state index is 2.83. The van der Waals surface area contributed by atoms with E-state index in [1.165, 1.54) is 0 Å². The highest BCUT2D eigenvalue weighted by molar-refractivity contribution is 8.92.